The van der Waals surface area contributed by atoms with Crippen molar-refractivity contribution in [1.82, 2.24) is 9.88 Å². The van der Waals surface area contributed by atoms with E-state index in [0.29, 0.717) is 15.7 Å². The summed E-state index contributed by atoms with van der Waals surface area (Å²) in [4.78, 5) is 31.1. The maximum absolute atomic E-state index is 13.0. The Kier molecular flexibility index (Phi) is 6.04. The number of anilines is 1. The van der Waals surface area contributed by atoms with E-state index in [1.165, 1.54) is 17.8 Å². The lowest BCUT2D eigenvalue weighted by atomic mass is 9.93. The summed E-state index contributed by atoms with van der Waals surface area (Å²) < 4.78 is 0. The van der Waals surface area contributed by atoms with Gasteiger partial charge in [-0.2, -0.15) is 0 Å². The number of benzene rings is 1. The minimum Gasteiger partial charge on any atom is -0.326 e. The lowest BCUT2D eigenvalue weighted by Gasteiger charge is -2.34. The van der Waals surface area contributed by atoms with Crippen LogP contribution in [0.5, 0.6) is 0 Å². The summed E-state index contributed by atoms with van der Waals surface area (Å²) in [6.45, 7) is 0.0334. The Hall–Kier alpha value is -1.92. The zero-order valence-corrected chi connectivity index (χ0v) is 15.4. The SMILES string of the molecule is O=C(CN(C(=O)c1ccc(Cl)cc1)C1CCCCC1)Nc1nccs1. The molecule has 1 aromatic heterocycles. The summed E-state index contributed by atoms with van der Waals surface area (Å²) in [6.07, 6.45) is 6.86. The van der Waals surface area contributed by atoms with E-state index in [-0.39, 0.29) is 24.4 Å². The molecule has 0 radical (unpaired) electrons. The van der Waals surface area contributed by atoms with Crippen molar-refractivity contribution in [3.05, 3.63) is 46.4 Å². The minimum atomic E-state index is -0.220. The van der Waals surface area contributed by atoms with Crippen molar-refractivity contribution < 1.29 is 9.59 Å². The Labute approximate surface area is 156 Å². The average molecular weight is 378 g/mol. The van der Waals surface area contributed by atoms with Crippen LogP contribution in [0.1, 0.15) is 42.5 Å². The molecular weight excluding hydrogens is 358 g/mol. The summed E-state index contributed by atoms with van der Waals surface area (Å²) >= 11 is 7.27. The van der Waals surface area contributed by atoms with E-state index in [1.54, 1.807) is 40.7 Å². The molecule has 1 heterocycles. The van der Waals surface area contributed by atoms with Crippen molar-refractivity contribution >= 4 is 39.9 Å². The highest BCUT2D eigenvalue weighted by molar-refractivity contribution is 7.13. The van der Waals surface area contributed by atoms with Crippen molar-refractivity contribution in [2.24, 2.45) is 0 Å². The largest absolute Gasteiger partial charge is 0.326 e. The van der Waals surface area contributed by atoms with Gasteiger partial charge < -0.3 is 10.2 Å². The predicted molar refractivity (Wildman–Crippen MR) is 100 cm³/mol. The Morgan fingerprint density at radius 3 is 2.56 bits per heavy atom. The lowest BCUT2D eigenvalue weighted by Crippen LogP contribution is -2.45. The van der Waals surface area contributed by atoms with Crippen LogP contribution in [0.15, 0.2) is 35.8 Å². The van der Waals surface area contributed by atoms with Gasteiger partial charge in [-0.1, -0.05) is 30.9 Å². The fraction of sp³-hybridized carbons (Fsp3) is 0.389. The summed E-state index contributed by atoms with van der Waals surface area (Å²) in [7, 11) is 0. The fourth-order valence-electron chi connectivity index (χ4n) is 3.12. The maximum atomic E-state index is 13.0. The van der Waals surface area contributed by atoms with Gasteiger partial charge in [0.1, 0.15) is 6.54 Å². The minimum absolute atomic E-state index is 0.0334. The van der Waals surface area contributed by atoms with E-state index < -0.39 is 0 Å². The number of halogens is 1. The highest BCUT2D eigenvalue weighted by Crippen LogP contribution is 2.24. The average Bonchev–Trinajstić information content (AvgIpc) is 3.13. The van der Waals surface area contributed by atoms with Gasteiger partial charge in [0.25, 0.3) is 5.91 Å². The molecule has 1 saturated carbocycles. The number of thiazole rings is 1. The van der Waals surface area contributed by atoms with Crippen LogP contribution in [-0.2, 0) is 4.79 Å². The third-order valence-corrected chi connectivity index (χ3v) is 5.30. The number of carbonyl (C=O) groups is 2. The van der Waals surface area contributed by atoms with Gasteiger partial charge in [0.15, 0.2) is 5.13 Å². The van der Waals surface area contributed by atoms with Crippen LogP contribution in [0, 0.1) is 0 Å². The van der Waals surface area contributed by atoms with E-state index in [4.69, 9.17) is 11.6 Å². The van der Waals surface area contributed by atoms with Gasteiger partial charge in [0, 0.05) is 28.2 Å². The summed E-state index contributed by atoms with van der Waals surface area (Å²) in [5.41, 5.74) is 0.553. The molecule has 132 valence electrons. The number of carbonyl (C=O) groups excluding carboxylic acids is 2. The second-order valence-electron chi connectivity index (χ2n) is 6.12. The van der Waals surface area contributed by atoms with Crippen LogP contribution < -0.4 is 5.32 Å². The molecule has 1 fully saturated rings. The zero-order chi connectivity index (χ0) is 17.6. The number of rotatable bonds is 5. The number of nitrogens with one attached hydrogen (secondary N) is 1. The Morgan fingerprint density at radius 2 is 1.92 bits per heavy atom. The summed E-state index contributed by atoms with van der Waals surface area (Å²) in [5.74, 6) is -0.347. The van der Waals surface area contributed by atoms with E-state index in [2.05, 4.69) is 10.3 Å². The van der Waals surface area contributed by atoms with Crippen LogP contribution >= 0.6 is 22.9 Å². The molecule has 1 N–H and O–H groups in total. The molecule has 25 heavy (non-hydrogen) atoms. The Bertz CT molecular complexity index is 712. The van der Waals surface area contributed by atoms with Gasteiger partial charge in [-0.3, -0.25) is 9.59 Å². The molecule has 3 rings (SSSR count). The molecule has 0 unspecified atom stereocenters. The van der Waals surface area contributed by atoms with E-state index >= 15 is 0 Å². The van der Waals surface area contributed by atoms with Gasteiger partial charge >= 0.3 is 0 Å². The monoisotopic (exact) mass is 377 g/mol. The second kappa shape index (κ2) is 8.45. The fourth-order valence-corrected chi connectivity index (χ4v) is 3.79. The quantitative estimate of drug-likeness (QED) is 0.848. The third-order valence-electron chi connectivity index (χ3n) is 4.36. The second-order valence-corrected chi connectivity index (χ2v) is 7.45. The number of amides is 2. The van der Waals surface area contributed by atoms with Crippen LogP contribution in [-0.4, -0.2) is 34.3 Å². The van der Waals surface area contributed by atoms with Gasteiger partial charge in [-0.15, -0.1) is 11.3 Å². The number of nitrogens with zero attached hydrogens (tertiary/aromatic N) is 2. The van der Waals surface area contributed by atoms with Gasteiger partial charge in [-0.05, 0) is 37.1 Å². The van der Waals surface area contributed by atoms with Crippen molar-refractivity contribution in [2.75, 3.05) is 11.9 Å². The zero-order valence-electron chi connectivity index (χ0n) is 13.8. The smallest absolute Gasteiger partial charge is 0.254 e. The van der Waals surface area contributed by atoms with Crippen LogP contribution in [0.25, 0.3) is 0 Å². The van der Waals surface area contributed by atoms with Crippen LogP contribution in [0.2, 0.25) is 5.02 Å². The van der Waals surface area contributed by atoms with E-state index in [0.717, 1.165) is 25.7 Å². The summed E-state index contributed by atoms with van der Waals surface area (Å²) in [6, 6.07) is 6.91. The van der Waals surface area contributed by atoms with E-state index in [9.17, 15) is 9.59 Å². The molecule has 1 aromatic carbocycles. The molecule has 2 amide bonds. The first kappa shape index (κ1) is 17.9. The molecule has 0 atom stereocenters. The van der Waals surface area contributed by atoms with Gasteiger partial charge in [-0.25, -0.2) is 4.98 Å². The van der Waals surface area contributed by atoms with Crippen molar-refractivity contribution in [2.45, 2.75) is 38.1 Å². The van der Waals surface area contributed by atoms with Crippen molar-refractivity contribution in [3.63, 3.8) is 0 Å². The third kappa shape index (κ3) is 4.80. The topological polar surface area (TPSA) is 62.3 Å². The summed E-state index contributed by atoms with van der Waals surface area (Å²) in [5, 5.41) is 5.69. The Morgan fingerprint density at radius 1 is 1.20 bits per heavy atom. The maximum Gasteiger partial charge on any atom is 0.254 e. The van der Waals surface area contributed by atoms with E-state index in [1.807, 2.05) is 0 Å². The molecule has 1 aliphatic carbocycles. The molecule has 7 heteroatoms. The molecule has 0 bridgehead atoms. The van der Waals surface area contributed by atoms with Crippen molar-refractivity contribution in [1.29, 1.82) is 0 Å². The molecule has 0 saturated heterocycles. The number of hydrogen-bond donors (Lipinski definition) is 1. The number of aromatic nitrogens is 1. The van der Waals surface area contributed by atoms with Gasteiger partial charge in [0.05, 0.1) is 0 Å². The van der Waals surface area contributed by atoms with Crippen LogP contribution in [0.3, 0.4) is 0 Å². The normalized spacial score (nSPS) is 14.9. The molecule has 2 aromatic rings. The van der Waals surface area contributed by atoms with Crippen molar-refractivity contribution in [3.8, 4) is 0 Å². The predicted octanol–water partition coefficient (Wildman–Crippen LogP) is 4.21. The first-order chi connectivity index (χ1) is 12.1. The first-order valence-corrected chi connectivity index (χ1v) is 9.65. The van der Waals surface area contributed by atoms with Crippen LogP contribution in [0.4, 0.5) is 5.13 Å². The highest BCUT2D eigenvalue weighted by Gasteiger charge is 2.28. The lowest BCUT2D eigenvalue weighted by molar-refractivity contribution is -0.117. The molecule has 0 spiro atoms. The molecule has 5 nitrogen and oxygen atoms in total. The molecular formula is C18H20ClN3O2S. The van der Waals surface area contributed by atoms with Gasteiger partial charge in [0.2, 0.25) is 5.91 Å². The highest BCUT2D eigenvalue weighted by atomic mass is 35.5. The number of hydrogen-bond acceptors (Lipinski definition) is 4. The molecule has 1 aliphatic rings. The standard InChI is InChI=1S/C18H20ClN3O2S/c19-14-8-6-13(7-9-14)17(24)22(15-4-2-1-3-5-15)12-16(23)21-18-20-10-11-25-18/h6-11,15H,1-5,12H2,(H,20,21,23). The first-order valence-electron chi connectivity index (χ1n) is 8.39. The molecule has 0 aliphatic heterocycles. The Balaban J connectivity index is 1.75.